The first-order valence-electron chi connectivity index (χ1n) is 5.53. The first-order valence-corrected chi connectivity index (χ1v) is 9.00. The molecule has 2 heterocycles. The van der Waals surface area contributed by atoms with Crippen LogP contribution in [0.2, 0.25) is 4.34 Å². The second-order valence-electron chi connectivity index (χ2n) is 3.89. The molecule has 0 saturated heterocycles. The molecule has 0 atom stereocenters. The van der Waals surface area contributed by atoms with E-state index in [9.17, 15) is 8.42 Å². The number of thiophene rings is 1. The molecular weight excluding hydrogens is 386 g/mol. The number of hydrogen-bond acceptors (Lipinski definition) is 5. The zero-order valence-corrected chi connectivity index (χ0v) is 14.1. The minimum Gasteiger partial charge on any atom is -0.383 e. The summed E-state index contributed by atoms with van der Waals surface area (Å²) in [5.74, 6) is -0.0279. The van der Waals surface area contributed by atoms with E-state index in [0.717, 1.165) is 4.88 Å². The van der Waals surface area contributed by atoms with Crippen molar-refractivity contribution in [3.8, 4) is 0 Å². The minimum atomic E-state index is -3.67. The Labute approximate surface area is 134 Å². The van der Waals surface area contributed by atoms with Gasteiger partial charge in [0.25, 0.3) is 0 Å². The summed E-state index contributed by atoms with van der Waals surface area (Å²) in [4.78, 5) is 4.79. The molecule has 0 saturated carbocycles. The molecule has 0 aromatic carbocycles. The molecule has 0 spiro atoms. The highest BCUT2D eigenvalue weighted by molar-refractivity contribution is 9.10. The van der Waals surface area contributed by atoms with Crippen molar-refractivity contribution in [1.29, 1.82) is 0 Å². The van der Waals surface area contributed by atoms with Crippen LogP contribution in [-0.2, 0) is 16.4 Å². The summed E-state index contributed by atoms with van der Waals surface area (Å²) in [6.07, 6.45) is 2.01. The summed E-state index contributed by atoms with van der Waals surface area (Å²) in [5.41, 5.74) is 5.60. The van der Waals surface area contributed by atoms with E-state index in [1.54, 1.807) is 6.07 Å². The molecule has 0 unspecified atom stereocenters. The SMILES string of the molecule is Nc1ncc(Br)cc1S(=O)(=O)NCCc1ccc(Cl)s1. The van der Waals surface area contributed by atoms with Crippen molar-refractivity contribution in [3.63, 3.8) is 0 Å². The van der Waals surface area contributed by atoms with Gasteiger partial charge in [0, 0.05) is 22.1 Å². The van der Waals surface area contributed by atoms with Crippen LogP contribution >= 0.6 is 38.9 Å². The highest BCUT2D eigenvalue weighted by atomic mass is 79.9. The van der Waals surface area contributed by atoms with Crippen LogP contribution in [0, 0.1) is 0 Å². The number of pyridine rings is 1. The molecule has 9 heteroatoms. The molecule has 5 nitrogen and oxygen atoms in total. The summed E-state index contributed by atoms with van der Waals surface area (Å²) in [6, 6.07) is 5.08. The van der Waals surface area contributed by atoms with Crippen molar-refractivity contribution in [2.24, 2.45) is 0 Å². The van der Waals surface area contributed by atoms with Crippen LogP contribution in [0.1, 0.15) is 4.88 Å². The highest BCUT2D eigenvalue weighted by Crippen LogP contribution is 2.22. The normalized spacial score (nSPS) is 11.7. The molecule has 2 rings (SSSR count). The van der Waals surface area contributed by atoms with E-state index in [2.05, 4.69) is 25.6 Å². The second kappa shape index (κ2) is 6.40. The highest BCUT2D eigenvalue weighted by Gasteiger charge is 2.18. The van der Waals surface area contributed by atoms with Crippen molar-refractivity contribution in [2.45, 2.75) is 11.3 Å². The smallest absolute Gasteiger partial charge is 0.244 e. The first kappa shape index (κ1) is 15.7. The fraction of sp³-hybridized carbons (Fsp3) is 0.182. The Kier molecular flexibility index (Phi) is 5.03. The van der Waals surface area contributed by atoms with E-state index in [4.69, 9.17) is 17.3 Å². The molecule has 0 aliphatic rings. The average molecular weight is 397 g/mol. The molecule has 108 valence electrons. The van der Waals surface area contributed by atoms with Gasteiger partial charge in [0.2, 0.25) is 10.0 Å². The Morgan fingerprint density at radius 2 is 2.20 bits per heavy atom. The largest absolute Gasteiger partial charge is 0.383 e. The maximum absolute atomic E-state index is 12.1. The zero-order valence-electron chi connectivity index (χ0n) is 10.1. The predicted molar refractivity (Wildman–Crippen MR) is 84.6 cm³/mol. The van der Waals surface area contributed by atoms with Crippen LogP contribution in [0.25, 0.3) is 0 Å². The first-order chi connectivity index (χ1) is 9.38. The van der Waals surface area contributed by atoms with Gasteiger partial charge in [-0.05, 0) is 40.5 Å². The van der Waals surface area contributed by atoms with E-state index >= 15 is 0 Å². The van der Waals surface area contributed by atoms with Gasteiger partial charge >= 0.3 is 0 Å². The fourth-order valence-corrected chi connectivity index (χ4v) is 4.23. The Morgan fingerprint density at radius 1 is 1.45 bits per heavy atom. The number of nitrogens with zero attached hydrogens (tertiary/aromatic N) is 1. The van der Waals surface area contributed by atoms with Gasteiger partial charge in [0.05, 0.1) is 4.34 Å². The van der Waals surface area contributed by atoms with Crippen LogP contribution in [0.4, 0.5) is 5.82 Å². The maximum atomic E-state index is 12.1. The Hall–Kier alpha value is -0.670. The molecule has 20 heavy (non-hydrogen) atoms. The Balaban J connectivity index is 2.06. The monoisotopic (exact) mass is 395 g/mol. The maximum Gasteiger partial charge on any atom is 0.244 e. The number of anilines is 1. The van der Waals surface area contributed by atoms with E-state index in [-0.39, 0.29) is 17.3 Å². The minimum absolute atomic E-state index is 0.0279. The molecule has 2 aromatic heterocycles. The van der Waals surface area contributed by atoms with Gasteiger partial charge in [-0.2, -0.15) is 0 Å². The molecular formula is C11H11BrClN3O2S2. The third kappa shape index (κ3) is 3.92. The lowest BCUT2D eigenvalue weighted by atomic mass is 10.3. The third-order valence-corrected chi connectivity index (χ3v) is 5.65. The summed E-state index contributed by atoms with van der Waals surface area (Å²) in [6.45, 7) is 0.269. The summed E-state index contributed by atoms with van der Waals surface area (Å²) in [7, 11) is -3.67. The molecule has 0 fully saturated rings. The van der Waals surface area contributed by atoms with Gasteiger partial charge in [-0.1, -0.05) is 11.6 Å². The van der Waals surface area contributed by atoms with Gasteiger partial charge in [-0.25, -0.2) is 18.1 Å². The van der Waals surface area contributed by atoms with Crippen LogP contribution in [0.15, 0.2) is 33.8 Å². The standard InChI is InChI=1S/C11H11BrClN3O2S2/c12-7-5-9(11(14)15-6-7)20(17,18)16-4-3-8-1-2-10(13)19-8/h1-2,5-6,16H,3-4H2,(H2,14,15). The van der Waals surface area contributed by atoms with E-state index in [1.165, 1.54) is 23.6 Å². The molecule has 3 N–H and O–H groups in total. The number of nitrogen functional groups attached to an aromatic ring is 1. The predicted octanol–water partition coefficient (Wildman–Crippen LogP) is 2.66. The molecule has 0 radical (unpaired) electrons. The molecule has 0 aliphatic heterocycles. The lowest BCUT2D eigenvalue weighted by Crippen LogP contribution is -2.26. The van der Waals surface area contributed by atoms with Crippen molar-refractivity contribution >= 4 is 54.7 Å². The molecule has 0 amide bonds. The van der Waals surface area contributed by atoms with E-state index in [0.29, 0.717) is 15.2 Å². The van der Waals surface area contributed by atoms with Gasteiger partial charge in [0.1, 0.15) is 10.7 Å². The summed E-state index contributed by atoms with van der Waals surface area (Å²) < 4.78 is 28.0. The van der Waals surface area contributed by atoms with Crippen LogP contribution in [-0.4, -0.2) is 19.9 Å². The van der Waals surface area contributed by atoms with Gasteiger partial charge in [-0.3, -0.25) is 0 Å². The number of sulfonamides is 1. The number of nitrogens with two attached hydrogens (primary N) is 1. The molecule has 0 bridgehead atoms. The summed E-state index contributed by atoms with van der Waals surface area (Å²) >= 11 is 10.4. The van der Waals surface area contributed by atoms with Crippen LogP contribution in [0.3, 0.4) is 0 Å². The Morgan fingerprint density at radius 3 is 2.85 bits per heavy atom. The number of rotatable bonds is 5. The molecule has 0 aliphatic carbocycles. The van der Waals surface area contributed by atoms with Crippen molar-refractivity contribution in [3.05, 3.63) is 38.1 Å². The zero-order chi connectivity index (χ0) is 14.8. The van der Waals surface area contributed by atoms with Gasteiger partial charge in [-0.15, -0.1) is 11.3 Å². The van der Waals surface area contributed by atoms with Gasteiger partial charge in [0.15, 0.2) is 0 Å². The summed E-state index contributed by atoms with van der Waals surface area (Å²) in [5, 5.41) is 0. The molecule has 2 aromatic rings. The number of aromatic nitrogens is 1. The van der Waals surface area contributed by atoms with Crippen LogP contribution in [0.5, 0.6) is 0 Å². The average Bonchev–Trinajstić information content (AvgIpc) is 2.78. The quantitative estimate of drug-likeness (QED) is 0.813. The van der Waals surface area contributed by atoms with Gasteiger partial charge < -0.3 is 5.73 Å². The van der Waals surface area contributed by atoms with Crippen LogP contribution < -0.4 is 10.5 Å². The van der Waals surface area contributed by atoms with E-state index < -0.39 is 10.0 Å². The lowest BCUT2D eigenvalue weighted by Gasteiger charge is -2.08. The fourth-order valence-electron chi connectivity index (χ4n) is 1.52. The van der Waals surface area contributed by atoms with Crippen molar-refractivity contribution < 1.29 is 8.42 Å². The Bertz CT molecular complexity index is 718. The van der Waals surface area contributed by atoms with E-state index in [1.807, 2.05) is 6.07 Å². The van der Waals surface area contributed by atoms with Crippen molar-refractivity contribution in [2.75, 3.05) is 12.3 Å². The lowest BCUT2D eigenvalue weighted by molar-refractivity contribution is 0.582. The van der Waals surface area contributed by atoms with Crippen molar-refractivity contribution in [1.82, 2.24) is 9.71 Å². The topological polar surface area (TPSA) is 85.1 Å². The number of hydrogen-bond donors (Lipinski definition) is 2. The number of halogens is 2. The second-order valence-corrected chi connectivity index (χ2v) is 8.34. The third-order valence-electron chi connectivity index (χ3n) is 2.43. The number of nitrogens with one attached hydrogen (secondary N) is 1.